The lowest BCUT2D eigenvalue weighted by Gasteiger charge is -2.01. The van der Waals surface area contributed by atoms with E-state index >= 15 is 0 Å². The van der Waals surface area contributed by atoms with E-state index < -0.39 is 0 Å². The second-order valence-corrected chi connectivity index (χ2v) is 6.02. The maximum Gasteiger partial charge on any atom is 0.173 e. The van der Waals surface area contributed by atoms with Gasteiger partial charge in [0.25, 0.3) is 0 Å². The zero-order valence-electron chi connectivity index (χ0n) is 13.5. The van der Waals surface area contributed by atoms with Gasteiger partial charge in [-0.15, -0.1) is 0 Å². The minimum atomic E-state index is 0.402. The van der Waals surface area contributed by atoms with Crippen molar-refractivity contribution in [2.45, 2.75) is 66.2 Å². The smallest absolute Gasteiger partial charge is 0.173 e. The van der Waals surface area contributed by atoms with Gasteiger partial charge in [0.05, 0.1) is 0 Å². The van der Waals surface area contributed by atoms with Gasteiger partial charge < -0.3 is 8.83 Å². The molecule has 0 spiro atoms. The van der Waals surface area contributed by atoms with E-state index in [1.165, 1.54) is 11.1 Å². The molecule has 0 atom stereocenters. The molecule has 2 heterocycles. The molecule has 0 aromatic carbocycles. The summed E-state index contributed by atoms with van der Waals surface area (Å²) in [7, 11) is 0. The molecule has 2 nitrogen and oxygen atoms in total. The first kappa shape index (κ1) is 15.0. The standard InChI is InChI=1S/C18H26O2/c1-7-13-9-15(11(3)4)19-17(13)18-14(8-2)10-16(20-18)12(5)6/h9-12H,7-8H2,1-6H3. The topological polar surface area (TPSA) is 26.3 Å². The Morgan fingerprint density at radius 2 is 1.10 bits per heavy atom. The Kier molecular flexibility index (Phi) is 4.42. The minimum absolute atomic E-state index is 0.402. The van der Waals surface area contributed by atoms with Gasteiger partial charge in [-0.2, -0.15) is 0 Å². The second kappa shape index (κ2) is 5.90. The second-order valence-electron chi connectivity index (χ2n) is 6.02. The molecular formula is C18H26O2. The van der Waals surface area contributed by atoms with E-state index in [2.05, 4.69) is 53.7 Å². The fourth-order valence-electron chi connectivity index (χ4n) is 2.38. The third kappa shape index (κ3) is 2.70. The largest absolute Gasteiger partial charge is 0.457 e. The maximum atomic E-state index is 6.09. The summed E-state index contributed by atoms with van der Waals surface area (Å²) in [5.74, 6) is 4.75. The first-order valence-electron chi connectivity index (χ1n) is 7.73. The van der Waals surface area contributed by atoms with Crippen LogP contribution in [-0.2, 0) is 12.8 Å². The molecule has 0 fully saturated rings. The van der Waals surface area contributed by atoms with Crippen LogP contribution >= 0.6 is 0 Å². The Hall–Kier alpha value is -1.44. The van der Waals surface area contributed by atoms with Crippen LogP contribution in [0, 0.1) is 0 Å². The van der Waals surface area contributed by atoms with Crippen molar-refractivity contribution in [2.24, 2.45) is 0 Å². The average Bonchev–Trinajstić information content (AvgIpc) is 3.01. The summed E-state index contributed by atoms with van der Waals surface area (Å²) < 4.78 is 12.2. The van der Waals surface area contributed by atoms with Crippen LogP contribution in [0.15, 0.2) is 21.0 Å². The molecular weight excluding hydrogens is 248 g/mol. The minimum Gasteiger partial charge on any atom is -0.457 e. The Labute approximate surface area is 122 Å². The summed E-state index contributed by atoms with van der Waals surface area (Å²) in [5.41, 5.74) is 2.49. The molecule has 2 aromatic heterocycles. The molecule has 0 saturated heterocycles. The Morgan fingerprint density at radius 1 is 0.750 bits per heavy atom. The summed E-state index contributed by atoms with van der Waals surface area (Å²) >= 11 is 0. The average molecular weight is 274 g/mol. The molecule has 0 saturated carbocycles. The maximum absolute atomic E-state index is 6.09. The monoisotopic (exact) mass is 274 g/mol. The number of rotatable bonds is 5. The third-order valence-electron chi connectivity index (χ3n) is 3.76. The number of hydrogen-bond donors (Lipinski definition) is 0. The predicted octanol–water partition coefficient (Wildman–Crippen LogP) is 5.91. The van der Waals surface area contributed by atoms with Gasteiger partial charge in [0, 0.05) is 23.0 Å². The highest BCUT2D eigenvalue weighted by Crippen LogP contribution is 2.36. The Morgan fingerprint density at radius 3 is 1.35 bits per heavy atom. The highest BCUT2D eigenvalue weighted by atomic mass is 16.4. The zero-order valence-corrected chi connectivity index (χ0v) is 13.5. The molecule has 0 aliphatic rings. The molecule has 0 amide bonds. The highest BCUT2D eigenvalue weighted by Gasteiger charge is 2.21. The van der Waals surface area contributed by atoms with E-state index in [9.17, 15) is 0 Å². The van der Waals surface area contributed by atoms with Gasteiger partial charge in [0.15, 0.2) is 11.5 Å². The van der Waals surface area contributed by atoms with Crippen molar-refractivity contribution in [1.29, 1.82) is 0 Å². The van der Waals surface area contributed by atoms with Gasteiger partial charge in [-0.1, -0.05) is 41.5 Å². The van der Waals surface area contributed by atoms with E-state index in [0.717, 1.165) is 35.9 Å². The highest BCUT2D eigenvalue weighted by molar-refractivity contribution is 5.61. The molecule has 0 N–H and O–H groups in total. The van der Waals surface area contributed by atoms with Crippen molar-refractivity contribution in [2.75, 3.05) is 0 Å². The molecule has 20 heavy (non-hydrogen) atoms. The Bertz CT molecular complexity index is 518. The molecule has 0 aliphatic heterocycles. The van der Waals surface area contributed by atoms with Gasteiger partial charge >= 0.3 is 0 Å². The fraction of sp³-hybridized carbons (Fsp3) is 0.556. The van der Waals surface area contributed by atoms with Gasteiger partial charge in [0.1, 0.15) is 11.5 Å². The van der Waals surface area contributed by atoms with Crippen molar-refractivity contribution in [1.82, 2.24) is 0 Å². The van der Waals surface area contributed by atoms with Crippen LogP contribution in [0.1, 0.15) is 76.0 Å². The van der Waals surface area contributed by atoms with Crippen molar-refractivity contribution >= 4 is 0 Å². The molecule has 2 rings (SSSR count). The van der Waals surface area contributed by atoms with Crippen LogP contribution in [-0.4, -0.2) is 0 Å². The van der Waals surface area contributed by atoms with Crippen LogP contribution in [0.3, 0.4) is 0 Å². The first-order valence-corrected chi connectivity index (χ1v) is 7.73. The molecule has 0 radical (unpaired) electrons. The van der Waals surface area contributed by atoms with E-state index in [4.69, 9.17) is 8.83 Å². The molecule has 0 unspecified atom stereocenters. The SMILES string of the molecule is CCc1cc(C(C)C)oc1-c1oc(C(C)C)cc1CC. The zero-order chi connectivity index (χ0) is 14.9. The molecule has 0 aliphatic carbocycles. The van der Waals surface area contributed by atoms with Crippen molar-refractivity contribution in [3.8, 4) is 11.5 Å². The van der Waals surface area contributed by atoms with Crippen LogP contribution in [0.5, 0.6) is 0 Å². The number of furan rings is 2. The van der Waals surface area contributed by atoms with Crippen molar-refractivity contribution in [3.05, 3.63) is 34.8 Å². The van der Waals surface area contributed by atoms with Crippen LogP contribution in [0.25, 0.3) is 11.5 Å². The number of hydrogen-bond acceptors (Lipinski definition) is 2. The first-order chi connectivity index (χ1) is 9.47. The van der Waals surface area contributed by atoms with E-state index in [0.29, 0.717) is 11.8 Å². The molecule has 2 aromatic rings. The van der Waals surface area contributed by atoms with Gasteiger partial charge in [-0.3, -0.25) is 0 Å². The normalized spacial score (nSPS) is 11.8. The quantitative estimate of drug-likeness (QED) is 0.677. The summed E-state index contributed by atoms with van der Waals surface area (Å²) in [6.45, 7) is 13.0. The van der Waals surface area contributed by atoms with E-state index in [-0.39, 0.29) is 0 Å². The lowest BCUT2D eigenvalue weighted by atomic mass is 10.1. The summed E-state index contributed by atoms with van der Waals surface area (Å²) in [6.07, 6.45) is 1.93. The van der Waals surface area contributed by atoms with E-state index in [1.54, 1.807) is 0 Å². The summed E-state index contributed by atoms with van der Waals surface area (Å²) in [4.78, 5) is 0. The van der Waals surface area contributed by atoms with Gasteiger partial charge in [-0.05, 0) is 25.0 Å². The van der Waals surface area contributed by atoms with Crippen LogP contribution in [0.2, 0.25) is 0 Å². The lowest BCUT2D eigenvalue weighted by molar-refractivity contribution is 0.452. The van der Waals surface area contributed by atoms with E-state index in [1.807, 2.05) is 0 Å². The molecule has 0 bridgehead atoms. The van der Waals surface area contributed by atoms with Crippen molar-refractivity contribution in [3.63, 3.8) is 0 Å². The molecule has 2 heteroatoms. The number of aryl methyl sites for hydroxylation is 2. The lowest BCUT2D eigenvalue weighted by Crippen LogP contribution is -1.84. The van der Waals surface area contributed by atoms with Crippen LogP contribution < -0.4 is 0 Å². The van der Waals surface area contributed by atoms with Gasteiger partial charge in [-0.25, -0.2) is 0 Å². The Balaban J connectivity index is 2.55. The van der Waals surface area contributed by atoms with Gasteiger partial charge in [0.2, 0.25) is 0 Å². The van der Waals surface area contributed by atoms with Crippen molar-refractivity contribution < 1.29 is 8.83 Å². The summed E-state index contributed by atoms with van der Waals surface area (Å²) in [5, 5.41) is 0. The summed E-state index contributed by atoms with van der Waals surface area (Å²) in [6, 6.07) is 4.36. The predicted molar refractivity (Wildman–Crippen MR) is 83.3 cm³/mol. The van der Waals surface area contributed by atoms with Crippen LogP contribution in [0.4, 0.5) is 0 Å². The third-order valence-corrected chi connectivity index (χ3v) is 3.76. The fourth-order valence-corrected chi connectivity index (χ4v) is 2.38. The molecule has 110 valence electrons.